The molecule has 0 aliphatic carbocycles. The first-order valence-electron chi connectivity index (χ1n) is 4.53. The molecule has 1 aromatic rings. The molecule has 1 aromatic carbocycles. The van der Waals surface area contributed by atoms with Crippen molar-refractivity contribution in [2.45, 2.75) is 33.4 Å². The molecule has 3 heteroatoms. The minimum Gasteiger partial charge on any atom is -0.386 e. The topological polar surface area (TPSA) is 63.3 Å². The van der Waals surface area contributed by atoms with Gasteiger partial charge < -0.3 is 10.8 Å². The molecule has 84 valence electrons. The molecule has 0 aromatic heterocycles. The number of aryl methyl sites for hydroxylation is 1. The zero-order chi connectivity index (χ0) is 10.7. The number of rotatable bonds is 3. The molecule has 0 spiro atoms. The van der Waals surface area contributed by atoms with E-state index < -0.39 is 12.1 Å². The van der Waals surface area contributed by atoms with Crippen molar-refractivity contribution in [1.82, 2.24) is 0 Å². The van der Waals surface area contributed by atoms with Crippen molar-refractivity contribution < 1.29 is 9.90 Å². The van der Waals surface area contributed by atoms with Gasteiger partial charge in [0.1, 0.15) is 11.9 Å². The average molecular weight is 209 g/mol. The third kappa shape index (κ3) is 3.46. The minimum absolute atomic E-state index is 0. The Morgan fingerprint density at radius 3 is 2.20 bits per heavy atom. The molecule has 1 rings (SSSR count). The van der Waals surface area contributed by atoms with Gasteiger partial charge in [0.25, 0.3) is 0 Å². The van der Waals surface area contributed by atoms with Crippen LogP contribution in [-0.4, -0.2) is 16.9 Å². The van der Waals surface area contributed by atoms with Crippen LogP contribution in [0.25, 0.3) is 0 Å². The summed E-state index contributed by atoms with van der Waals surface area (Å²) in [5.74, 6) is -0.210. The lowest BCUT2D eigenvalue weighted by molar-refractivity contribution is -0.120. The van der Waals surface area contributed by atoms with Crippen molar-refractivity contribution >= 4 is 5.78 Å². The van der Waals surface area contributed by atoms with E-state index in [0.29, 0.717) is 5.56 Å². The number of aliphatic hydroxyl groups is 1. The first kappa shape index (κ1) is 13.8. The molecule has 0 bridgehead atoms. The van der Waals surface area contributed by atoms with Crippen molar-refractivity contribution in [3.8, 4) is 0 Å². The maximum atomic E-state index is 10.9. The Labute approximate surface area is 90.9 Å². The van der Waals surface area contributed by atoms with Crippen LogP contribution >= 0.6 is 0 Å². The monoisotopic (exact) mass is 209 g/mol. The highest BCUT2D eigenvalue weighted by molar-refractivity contribution is 5.82. The largest absolute Gasteiger partial charge is 0.386 e. The van der Waals surface area contributed by atoms with Crippen LogP contribution in [0.15, 0.2) is 24.3 Å². The molecule has 0 fully saturated rings. The molecule has 0 radical (unpaired) electrons. The number of nitrogens with two attached hydrogens (primary N) is 1. The summed E-state index contributed by atoms with van der Waals surface area (Å²) >= 11 is 0. The number of carbonyl (C=O) groups is 1. The molecule has 3 N–H and O–H groups in total. The van der Waals surface area contributed by atoms with Crippen LogP contribution in [0.1, 0.15) is 31.6 Å². The van der Waals surface area contributed by atoms with Crippen molar-refractivity contribution in [2.24, 2.45) is 5.73 Å². The van der Waals surface area contributed by atoms with Gasteiger partial charge in [-0.25, -0.2) is 0 Å². The van der Waals surface area contributed by atoms with Gasteiger partial charge in [-0.15, -0.1) is 0 Å². The summed E-state index contributed by atoms with van der Waals surface area (Å²) in [6.45, 7) is 3.34. The Morgan fingerprint density at radius 1 is 1.33 bits per heavy atom. The van der Waals surface area contributed by atoms with Crippen LogP contribution in [0.4, 0.5) is 0 Å². The lowest BCUT2D eigenvalue weighted by Gasteiger charge is -2.16. The number of benzene rings is 1. The lowest BCUT2D eigenvalue weighted by Crippen LogP contribution is -2.35. The number of Topliss-reactive ketones (excluding diaryl/α,β-unsaturated/α-hetero) is 1. The van der Waals surface area contributed by atoms with Crippen molar-refractivity contribution in [2.75, 3.05) is 0 Å². The zero-order valence-electron chi connectivity index (χ0n) is 8.40. The van der Waals surface area contributed by atoms with Gasteiger partial charge >= 0.3 is 0 Å². The molecule has 3 nitrogen and oxygen atoms in total. The third-order valence-corrected chi connectivity index (χ3v) is 2.23. The second-order valence-corrected chi connectivity index (χ2v) is 3.49. The Kier molecular flexibility index (Phi) is 5.19. The van der Waals surface area contributed by atoms with Crippen LogP contribution in [-0.2, 0) is 4.79 Å². The third-order valence-electron chi connectivity index (χ3n) is 2.23. The van der Waals surface area contributed by atoms with Crippen LogP contribution < -0.4 is 5.73 Å². The average Bonchev–Trinajstić information content (AvgIpc) is 2.16. The molecular formula is C12H19NO2. The molecule has 0 saturated carbocycles. The van der Waals surface area contributed by atoms with Crippen molar-refractivity contribution in [3.05, 3.63) is 35.4 Å². The number of hydrogen-bond donors (Lipinski definition) is 2. The van der Waals surface area contributed by atoms with Gasteiger partial charge in [-0.1, -0.05) is 37.3 Å². The summed E-state index contributed by atoms with van der Waals surface area (Å²) in [5, 5.41) is 9.70. The molecule has 0 amide bonds. The van der Waals surface area contributed by atoms with E-state index in [9.17, 15) is 9.90 Å². The van der Waals surface area contributed by atoms with E-state index in [2.05, 4.69) is 0 Å². The highest BCUT2D eigenvalue weighted by atomic mass is 16.3. The molecule has 0 saturated heterocycles. The fraction of sp³-hybridized carbons (Fsp3) is 0.417. The van der Waals surface area contributed by atoms with Crippen molar-refractivity contribution in [3.63, 3.8) is 0 Å². The van der Waals surface area contributed by atoms with Crippen LogP contribution in [0, 0.1) is 6.92 Å². The number of hydrogen-bond acceptors (Lipinski definition) is 3. The Morgan fingerprint density at radius 2 is 1.80 bits per heavy atom. The molecular weight excluding hydrogens is 190 g/mol. The Hall–Kier alpha value is -1.19. The number of aliphatic hydroxyl groups excluding tert-OH is 1. The van der Waals surface area contributed by atoms with Gasteiger partial charge in [-0.05, 0) is 19.4 Å². The Balaban J connectivity index is 0.00000196. The summed E-state index contributed by atoms with van der Waals surface area (Å²) in [6.07, 6.45) is -0.909. The summed E-state index contributed by atoms with van der Waals surface area (Å²) in [6, 6.07) is 6.49. The van der Waals surface area contributed by atoms with E-state index in [1.54, 1.807) is 12.1 Å². The van der Waals surface area contributed by atoms with Crippen LogP contribution in [0.5, 0.6) is 0 Å². The fourth-order valence-electron chi connectivity index (χ4n) is 1.19. The lowest BCUT2D eigenvalue weighted by atomic mass is 9.99. The maximum Gasteiger partial charge on any atom is 0.149 e. The van der Waals surface area contributed by atoms with E-state index in [1.807, 2.05) is 19.1 Å². The van der Waals surface area contributed by atoms with E-state index in [1.165, 1.54) is 6.92 Å². The summed E-state index contributed by atoms with van der Waals surface area (Å²) in [5.41, 5.74) is 7.32. The smallest absolute Gasteiger partial charge is 0.149 e. The normalized spacial score (nSPS) is 13.9. The molecule has 0 aliphatic rings. The number of carbonyl (C=O) groups excluding carboxylic acids is 1. The highest BCUT2D eigenvalue weighted by Gasteiger charge is 2.20. The standard InChI is InChI=1S/C11H15NO2.CH4/c1-7-3-5-9(6-4-7)11(14)10(12)8(2)13;/h3-6,10-11,14H,12H2,1-2H3;1H4/t10-,11-;/m1./s1. The van der Waals surface area contributed by atoms with Gasteiger partial charge in [-0.2, -0.15) is 0 Å². The first-order chi connectivity index (χ1) is 6.52. The van der Waals surface area contributed by atoms with Crippen molar-refractivity contribution in [1.29, 1.82) is 0 Å². The molecule has 15 heavy (non-hydrogen) atoms. The van der Waals surface area contributed by atoms with Gasteiger partial charge in [-0.3, -0.25) is 4.79 Å². The van der Waals surface area contributed by atoms with E-state index >= 15 is 0 Å². The molecule has 0 aliphatic heterocycles. The van der Waals surface area contributed by atoms with Gasteiger partial charge in [0.2, 0.25) is 0 Å². The second-order valence-electron chi connectivity index (χ2n) is 3.49. The summed E-state index contributed by atoms with van der Waals surface area (Å²) in [4.78, 5) is 10.9. The highest BCUT2D eigenvalue weighted by Crippen LogP contribution is 2.16. The summed E-state index contributed by atoms with van der Waals surface area (Å²) in [7, 11) is 0. The minimum atomic E-state index is -0.909. The quantitative estimate of drug-likeness (QED) is 0.794. The molecule has 0 heterocycles. The fourth-order valence-corrected chi connectivity index (χ4v) is 1.19. The predicted octanol–water partition coefficient (Wildman–Crippen LogP) is 1.58. The predicted molar refractivity (Wildman–Crippen MR) is 61.5 cm³/mol. The van der Waals surface area contributed by atoms with E-state index in [0.717, 1.165) is 5.56 Å². The van der Waals surface area contributed by atoms with Gasteiger partial charge in [0.15, 0.2) is 0 Å². The summed E-state index contributed by atoms with van der Waals surface area (Å²) < 4.78 is 0. The number of ketones is 1. The first-order valence-corrected chi connectivity index (χ1v) is 4.53. The Bertz CT molecular complexity index is 319. The van der Waals surface area contributed by atoms with E-state index in [-0.39, 0.29) is 13.2 Å². The molecule has 2 atom stereocenters. The molecule has 0 unspecified atom stereocenters. The second kappa shape index (κ2) is 5.63. The van der Waals surface area contributed by atoms with Crippen LogP contribution in [0.2, 0.25) is 0 Å². The maximum absolute atomic E-state index is 10.9. The van der Waals surface area contributed by atoms with Gasteiger partial charge in [0.05, 0.1) is 6.04 Å². The van der Waals surface area contributed by atoms with Gasteiger partial charge in [0, 0.05) is 0 Å². The van der Waals surface area contributed by atoms with E-state index in [4.69, 9.17) is 5.73 Å². The SMILES string of the molecule is C.CC(=O)[C@@H](N)[C@H](O)c1ccc(C)cc1. The zero-order valence-corrected chi connectivity index (χ0v) is 8.40. The van der Waals surface area contributed by atoms with Crippen LogP contribution in [0.3, 0.4) is 0 Å².